The summed E-state index contributed by atoms with van der Waals surface area (Å²) in [6.45, 7) is 2.51. The van der Waals surface area contributed by atoms with Gasteiger partial charge in [0.25, 0.3) is 0 Å². The molecule has 0 fully saturated rings. The minimum Gasteiger partial charge on any atom is -0.481 e. The number of aliphatic imine (C=N–C) groups is 1. The van der Waals surface area contributed by atoms with E-state index in [1.165, 1.54) is 0 Å². The molecule has 0 saturated carbocycles. The van der Waals surface area contributed by atoms with Crippen LogP contribution < -0.4 is 0 Å². The molecule has 1 unspecified atom stereocenters. The first-order valence-corrected chi connectivity index (χ1v) is 3.87. The zero-order valence-corrected chi connectivity index (χ0v) is 8.12. The fourth-order valence-corrected chi connectivity index (χ4v) is 1.07. The van der Waals surface area contributed by atoms with Crippen molar-refractivity contribution in [2.75, 3.05) is 6.54 Å². The van der Waals surface area contributed by atoms with Crippen LogP contribution in [-0.4, -0.2) is 23.3 Å². The van der Waals surface area contributed by atoms with Crippen molar-refractivity contribution in [1.82, 2.24) is 0 Å². The van der Waals surface area contributed by atoms with Gasteiger partial charge in [-0.2, -0.15) is 0 Å². The third kappa shape index (κ3) is 3.03. The van der Waals surface area contributed by atoms with Crippen molar-refractivity contribution in [3.8, 4) is 0 Å². The van der Waals surface area contributed by atoms with Gasteiger partial charge in [0.2, 0.25) is 0 Å². The van der Waals surface area contributed by atoms with Crippen molar-refractivity contribution in [2.45, 2.75) is 6.92 Å². The maximum atomic E-state index is 10.7. The summed E-state index contributed by atoms with van der Waals surface area (Å²) >= 11 is 0. The minimum absolute atomic E-state index is 0. The second-order valence-corrected chi connectivity index (χ2v) is 2.46. The molecule has 13 heavy (non-hydrogen) atoms. The number of nitrogens with zero attached hydrogens (tertiary/aromatic N) is 1. The molecule has 1 rings (SSSR count). The van der Waals surface area contributed by atoms with Gasteiger partial charge in [0.15, 0.2) is 0 Å². The van der Waals surface area contributed by atoms with Crippen LogP contribution in [0, 0.1) is 5.92 Å². The van der Waals surface area contributed by atoms with Crippen LogP contribution in [-0.2, 0) is 4.79 Å². The Bertz CT molecular complexity index is 269. The maximum absolute atomic E-state index is 10.7. The Hall–Kier alpha value is -1.09. The smallest absolute Gasteiger partial charge is 0.316 e. The van der Waals surface area contributed by atoms with Gasteiger partial charge in [0.1, 0.15) is 5.92 Å². The molecule has 0 aromatic carbocycles. The van der Waals surface area contributed by atoms with Gasteiger partial charge in [0.05, 0.1) is 5.71 Å². The molecule has 0 bridgehead atoms. The predicted octanol–water partition coefficient (Wildman–Crippen LogP) is 1.70. The summed E-state index contributed by atoms with van der Waals surface area (Å²) in [5, 5.41) is 8.77. The molecular weight excluding hydrogens is 190 g/mol. The second-order valence-electron chi connectivity index (χ2n) is 2.46. The summed E-state index contributed by atoms with van der Waals surface area (Å²) in [6, 6.07) is 0. The summed E-state index contributed by atoms with van der Waals surface area (Å²) in [7, 11) is 0. The molecule has 1 atom stereocenters. The lowest BCUT2D eigenvalue weighted by molar-refractivity contribution is -0.138. The van der Waals surface area contributed by atoms with Crippen LogP contribution in [0.2, 0.25) is 0 Å². The molecule has 0 aromatic rings. The van der Waals surface area contributed by atoms with Gasteiger partial charge in [-0.3, -0.25) is 9.79 Å². The first kappa shape index (κ1) is 11.9. The van der Waals surface area contributed by atoms with Gasteiger partial charge >= 0.3 is 5.97 Å². The number of hydrogen-bond donors (Lipinski definition) is 1. The number of halogens is 1. The summed E-state index contributed by atoms with van der Waals surface area (Å²) in [5.41, 5.74) is 0.632. The second kappa shape index (κ2) is 5.54. The van der Waals surface area contributed by atoms with Gasteiger partial charge in [-0.25, -0.2) is 0 Å². The zero-order valence-electron chi connectivity index (χ0n) is 7.30. The number of hydrogen-bond acceptors (Lipinski definition) is 2. The number of carboxylic acid groups (broad SMARTS) is 1. The maximum Gasteiger partial charge on any atom is 0.316 e. The number of rotatable bonds is 2. The van der Waals surface area contributed by atoms with E-state index in [0.29, 0.717) is 12.3 Å². The average Bonchev–Trinajstić information content (AvgIpc) is 2.05. The largest absolute Gasteiger partial charge is 0.481 e. The van der Waals surface area contributed by atoms with Gasteiger partial charge in [-0.05, 0) is 13.0 Å². The van der Waals surface area contributed by atoms with Crippen LogP contribution in [0.4, 0.5) is 0 Å². The Labute approximate surface area is 83.3 Å². The molecule has 0 radical (unpaired) electrons. The summed E-state index contributed by atoms with van der Waals surface area (Å²) in [6.07, 6.45) is 6.90. The molecule has 0 spiro atoms. The van der Waals surface area contributed by atoms with E-state index in [-0.39, 0.29) is 12.4 Å². The molecule has 0 saturated heterocycles. The topological polar surface area (TPSA) is 49.7 Å². The molecule has 0 aliphatic heterocycles. The third-order valence-corrected chi connectivity index (χ3v) is 1.61. The Morgan fingerprint density at radius 3 is 2.85 bits per heavy atom. The highest BCUT2D eigenvalue weighted by atomic mass is 35.5. The fourth-order valence-electron chi connectivity index (χ4n) is 1.07. The van der Waals surface area contributed by atoms with Gasteiger partial charge in [0, 0.05) is 6.54 Å². The van der Waals surface area contributed by atoms with Crippen LogP contribution in [0.25, 0.3) is 0 Å². The lowest BCUT2D eigenvalue weighted by Crippen LogP contribution is -2.21. The molecule has 1 N–H and O–H groups in total. The van der Waals surface area contributed by atoms with E-state index in [9.17, 15) is 4.79 Å². The lowest BCUT2D eigenvalue weighted by atomic mass is 9.99. The molecule has 4 heteroatoms. The van der Waals surface area contributed by atoms with Crippen LogP contribution in [0.15, 0.2) is 29.3 Å². The molecule has 3 nitrogen and oxygen atoms in total. The predicted molar refractivity (Wildman–Crippen MR) is 54.6 cm³/mol. The molecular formula is C9H12ClNO2. The van der Waals surface area contributed by atoms with Crippen molar-refractivity contribution >= 4 is 24.1 Å². The van der Waals surface area contributed by atoms with Crippen LogP contribution in [0.3, 0.4) is 0 Å². The van der Waals surface area contributed by atoms with Gasteiger partial charge in [-0.1, -0.05) is 18.2 Å². The van der Waals surface area contributed by atoms with Crippen LogP contribution >= 0.6 is 12.4 Å². The van der Waals surface area contributed by atoms with E-state index in [1.807, 2.05) is 6.92 Å². The molecule has 1 aliphatic carbocycles. The highest BCUT2D eigenvalue weighted by molar-refractivity contribution is 6.10. The quantitative estimate of drug-likeness (QED) is 0.739. The van der Waals surface area contributed by atoms with Gasteiger partial charge < -0.3 is 5.11 Å². The van der Waals surface area contributed by atoms with Gasteiger partial charge in [-0.15, -0.1) is 12.4 Å². The fraction of sp³-hybridized carbons (Fsp3) is 0.333. The normalized spacial score (nSPS) is 22.8. The van der Waals surface area contributed by atoms with Crippen molar-refractivity contribution in [3.63, 3.8) is 0 Å². The molecule has 1 aliphatic rings. The van der Waals surface area contributed by atoms with E-state index < -0.39 is 11.9 Å². The van der Waals surface area contributed by atoms with E-state index in [2.05, 4.69) is 4.99 Å². The lowest BCUT2D eigenvalue weighted by Gasteiger charge is -2.10. The SMILES string of the molecule is CCN=C1C=CC=CC1C(=O)O.Cl. The van der Waals surface area contributed by atoms with E-state index in [1.54, 1.807) is 24.3 Å². The Morgan fingerprint density at radius 1 is 1.62 bits per heavy atom. The number of carboxylic acids is 1. The molecule has 0 amide bonds. The van der Waals surface area contributed by atoms with E-state index in [4.69, 9.17) is 5.11 Å². The standard InChI is InChI=1S/C9H11NO2.ClH/c1-2-10-8-6-4-3-5-7(8)9(11)12;/h3-7H,2H2,1H3,(H,11,12);1H. The minimum atomic E-state index is -0.845. The molecule has 72 valence electrons. The first-order valence-electron chi connectivity index (χ1n) is 3.87. The summed E-state index contributed by atoms with van der Waals surface area (Å²) < 4.78 is 0. The van der Waals surface area contributed by atoms with E-state index in [0.717, 1.165) is 0 Å². The number of allylic oxidation sites excluding steroid dienone is 3. The van der Waals surface area contributed by atoms with Crippen LogP contribution in [0.5, 0.6) is 0 Å². The third-order valence-electron chi connectivity index (χ3n) is 1.61. The first-order chi connectivity index (χ1) is 5.75. The van der Waals surface area contributed by atoms with E-state index >= 15 is 0 Å². The van der Waals surface area contributed by atoms with Crippen molar-refractivity contribution in [1.29, 1.82) is 0 Å². The number of carbonyl (C=O) groups is 1. The van der Waals surface area contributed by atoms with Crippen molar-refractivity contribution in [2.24, 2.45) is 10.9 Å². The Balaban J connectivity index is 0.00000144. The highest BCUT2D eigenvalue weighted by Gasteiger charge is 2.19. The summed E-state index contributed by atoms with van der Waals surface area (Å²) in [5.74, 6) is -1.40. The molecule has 0 heterocycles. The van der Waals surface area contributed by atoms with Crippen molar-refractivity contribution < 1.29 is 9.90 Å². The number of aliphatic carboxylic acids is 1. The van der Waals surface area contributed by atoms with Crippen molar-refractivity contribution in [3.05, 3.63) is 24.3 Å². The summed E-state index contributed by atoms with van der Waals surface area (Å²) in [4.78, 5) is 14.8. The Kier molecular flexibility index (Phi) is 5.07. The molecule has 0 aromatic heterocycles. The Morgan fingerprint density at radius 2 is 2.31 bits per heavy atom. The average molecular weight is 202 g/mol. The van der Waals surface area contributed by atoms with Crippen LogP contribution in [0.1, 0.15) is 6.92 Å². The zero-order chi connectivity index (χ0) is 8.97. The monoisotopic (exact) mass is 201 g/mol. The highest BCUT2D eigenvalue weighted by Crippen LogP contribution is 2.09.